The molecule has 2 saturated heterocycles. The molecule has 3 atom stereocenters. The van der Waals surface area contributed by atoms with Crippen molar-refractivity contribution in [1.29, 1.82) is 0 Å². The minimum atomic E-state index is -0.893. The van der Waals surface area contributed by atoms with Gasteiger partial charge >= 0.3 is 17.6 Å². The number of rotatable bonds is 6. The van der Waals surface area contributed by atoms with E-state index in [4.69, 9.17) is 14.2 Å². The first kappa shape index (κ1) is 24.4. The van der Waals surface area contributed by atoms with Crippen LogP contribution in [0.5, 0.6) is 0 Å². The van der Waals surface area contributed by atoms with Gasteiger partial charge < -0.3 is 14.2 Å². The molecule has 2 aliphatic rings. The molecule has 0 unspecified atom stereocenters. The second-order valence-corrected chi connectivity index (χ2v) is 11.1. The maximum Gasteiger partial charge on any atom is 0.338 e. The molecule has 0 bridgehead atoms. The van der Waals surface area contributed by atoms with Crippen molar-refractivity contribution < 1.29 is 23.8 Å². The highest BCUT2D eigenvalue weighted by atomic mass is 32.2. The smallest absolute Gasteiger partial charge is 0.338 e. The monoisotopic (exact) mass is 526 g/mol. The van der Waals surface area contributed by atoms with Crippen molar-refractivity contribution in [3.63, 3.8) is 0 Å². The number of esters is 2. The SMILES string of the molecule is O=C(OC[C@H]1O[C@@H](n2ccc(=O)[nH]c2=O)C2(SCCS2)[C@@H]1OC(=O)c1ccccc1)c1ccccc1. The van der Waals surface area contributed by atoms with Crippen LogP contribution in [0.15, 0.2) is 82.5 Å². The van der Waals surface area contributed by atoms with Gasteiger partial charge in [-0.15, -0.1) is 23.5 Å². The maximum atomic E-state index is 13.1. The Bertz CT molecular complexity index is 1350. The Kier molecular flexibility index (Phi) is 7.04. The molecule has 186 valence electrons. The molecule has 1 spiro atoms. The lowest BCUT2D eigenvalue weighted by Gasteiger charge is -2.33. The Morgan fingerprint density at radius 2 is 1.56 bits per heavy atom. The number of ether oxygens (including phenoxy) is 3. The molecule has 5 rings (SSSR count). The van der Waals surface area contributed by atoms with Crippen LogP contribution in [0, 0.1) is 0 Å². The molecule has 9 nitrogen and oxygen atoms in total. The molecule has 2 aliphatic heterocycles. The number of benzene rings is 2. The Balaban J connectivity index is 1.48. The molecule has 0 amide bonds. The van der Waals surface area contributed by atoms with E-state index in [9.17, 15) is 19.2 Å². The quantitative estimate of drug-likeness (QED) is 0.484. The Hall–Kier alpha value is -3.28. The number of nitrogens with one attached hydrogen (secondary N) is 1. The molecular weight excluding hydrogens is 504 g/mol. The van der Waals surface area contributed by atoms with E-state index in [-0.39, 0.29) is 6.61 Å². The zero-order chi connectivity index (χ0) is 25.1. The summed E-state index contributed by atoms with van der Waals surface area (Å²) in [7, 11) is 0. The standard InChI is InChI=1S/C25H22N2O7S2/c28-19-11-12-27(24(31)26-19)23-25(35-13-14-36-25)20(34-22(30)17-9-5-2-6-10-17)18(33-23)15-32-21(29)16-7-3-1-4-8-16/h1-12,18,20,23H,13-15H2,(H,26,28,31)/t18-,20-,23-/m1/s1. The third-order valence-electron chi connectivity index (χ3n) is 5.86. The first-order valence-corrected chi connectivity index (χ1v) is 13.2. The van der Waals surface area contributed by atoms with Crippen molar-refractivity contribution >= 4 is 35.5 Å². The van der Waals surface area contributed by atoms with E-state index in [0.717, 1.165) is 11.5 Å². The van der Waals surface area contributed by atoms with Gasteiger partial charge in [-0.2, -0.15) is 0 Å². The molecule has 11 heteroatoms. The number of thioether (sulfide) groups is 2. The van der Waals surface area contributed by atoms with Gasteiger partial charge in [0, 0.05) is 23.8 Å². The van der Waals surface area contributed by atoms with E-state index >= 15 is 0 Å². The fourth-order valence-corrected chi connectivity index (χ4v) is 7.70. The molecule has 1 N–H and O–H groups in total. The number of carbonyl (C=O) groups is 2. The van der Waals surface area contributed by atoms with E-state index in [1.165, 1.54) is 40.4 Å². The number of hydrogen-bond acceptors (Lipinski definition) is 9. The first-order chi connectivity index (χ1) is 17.5. The van der Waals surface area contributed by atoms with Crippen molar-refractivity contribution in [3.05, 3.63) is 105 Å². The van der Waals surface area contributed by atoms with E-state index in [1.807, 2.05) is 0 Å². The first-order valence-electron chi connectivity index (χ1n) is 11.2. The van der Waals surface area contributed by atoms with E-state index in [0.29, 0.717) is 11.1 Å². The number of nitrogens with zero attached hydrogens (tertiary/aromatic N) is 1. The number of hydrogen-bond donors (Lipinski definition) is 1. The average molecular weight is 527 g/mol. The second-order valence-electron chi connectivity index (χ2n) is 8.12. The Labute approximate surface area is 214 Å². The van der Waals surface area contributed by atoms with Crippen molar-refractivity contribution in [2.75, 3.05) is 18.1 Å². The van der Waals surface area contributed by atoms with Crippen LogP contribution in [-0.2, 0) is 14.2 Å². The normalized spacial score (nSPS) is 22.4. The van der Waals surface area contributed by atoms with Gasteiger partial charge in [-0.3, -0.25) is 14.3 Å². The van der Waals surface area contributed by atoms with Crippen molar-refractivity contribution in [3.8, 4) is 0 Å². The van der Waals surface area contributed by atoms with E-state index in [2.05, 4.69) is 4.98 Å². The average Bonchev–Trinajstić information content (AvgIpc) is 3.50. The van der Waals surface area contributed by atoms with Crippen LogP contribution < -0.4 is 11.2 Å². The van der Waals surface area contributed by atoms with Crippen molar-refractivity contribution in [1.82, 2.24) is 9.55 Å². The molecule has 2 aromatic carbocycles. The summed E-state index contributed by atoms with van der Waals surface area (Å²) in [6.07, 6.45) is -1.22. The summed E-state index contributed by atoms with van der Waals surface area (Å²) in [6, 6.07) is 18.3. The van der Waals surface area contributed by atoms with Crippen LogP contribution in [0.2, 0.25) is 0 Å². The number of carbonyl (C=O) groups excluding carboxylic acids is 2. The zero-order valence-corrected chi connectivity index (χ0v) is 20.5. The number of aromatic nitrogens is 2. The van der Waals surface area contributed by atoms with Gasteiger partial charge in [0.05, 0.1) is 11.1 Å². The van der Waals surface area contributed by atoms with Crippen LogP contribution in [-0.4, -0.2) is 55.9 Å². The third kappa shape index (κ3) is 4.73. The molecule has 0 aliphatic carbocycles. The minimum Gasteiger partial charge on any atom is -0.459 e. The summed E-state index contributed by atoms with van der Waals surface area (Å²) in [5, 5.41) is 0. The Morgan fingerprint density at radius 3 is 2.17 bits per heavy atom. The molecule has 3 heterocycles. The molecule has 0 radical (unpaired) electrons. The summed E-state index contributed by atoms with van der Waals surface area (Å²) in [5.41, 5.74) is -0.433. The van der Waals surface area contributed by atoms with Crippen LogP contribution in [0.3, 0.4) is 0 Å². The highest BCUT2D eigenvalue weighted by Gasteiger charge is 2.62. The summed E-state index contributed by atoms with van der Waals surface area (Å²) in [4.78, 5) is 52.3. The second kappa shape index (κ2) is 10.4. The number of H-pyrrole nitrogens is 1. The highest BCUT2D eigenvalue weighted by Crippen LogP contribution is 2.59. The molecule has 36 heavy (non-hydrogen) atoms. The molecule has 0 saturated carbocycles. The summed E-state index contributed by atoms with van der Waals surface area (Å²) < 4.78 is 18.2. The topological polar surface area (TPSA) is 117 Å². The lowest BCUT2D eigenvalue weighted by atomic mass is 10.1. The summed E-state index contributed by atoms with van der Waals surface area (Å²) in [6.45, 7) is -0.196. The van der Waals surface area contributed by atoms with E-state index in [1.54, 1.807) is 60.7 Å². The predicted octanol–water partition coefficient (Wildman–Crippen LogP) is 2.69. The van der Waals surface area contributed by atoms with Crippen molar-refractivity contribution in [2.45, 2.75) is 22.5 Å². The van der Waals surface area contributed by atoms with Crippen LogP contribution in [0.1, 0.15) is 26.9 Å². The predicted molar refractivity (Wildman–Crippen MR) is 135 cm³/mol. The van der Waals surface area contributed by atoms with Crippen LogP contribution in [0.4, 0.5) is 0 Å². The maximum absolute atomic E-state index is 13.1. The molecule has 3 aromatic rings. The summed E-state index contributed by atoms with van der Waals surface area (Å²) >= 11 is 3.03. The van der Waals surface area contributed by atoms with Gasteiger partial charge in [-0.25, -0.2) is 14.4 Å². The largest absolute Gasteiger partial charge is 0.459 e. The minimum absolute atomic E-state index is 0.196. The third-order valence-corrected chi connectivity index (χ3v) is 9.41. The van der Waals surface area contributed by atoms with Gasteiger partial charge in [0.2, 0.25) is 0 Å². The zero-order valence-electron chi connectivity index (χ0n) is 18.9. The fourth-order valence-electron chi connectivity index (χ4n) is 4.21. The van der Waals surface area contributed by atoms with Gasteiger partial charge in [-0.1, -0.05) is 36.4 Å². The van der Waals surface area contributed by atoms with Gasteiger partial charge in [-0.05, 0) is 24.3 Å². The van der Waals surface area contributed by atoms with Gasteiger partial charge in [0.15, 0.2) is 12.3 Å². The summed E-state index contributed by atoms with van der Waals surface area (Å²) in [5.74, 6) is 0.375. The fraction of sp³-hybridized carbons (Fsp3) is 0.280. The Morgan fingerprint density at radius 1 is 0.944 bits per heavy atom. The van der Waals surface area contributed by atoms with Crippen molar-refractivity contribution in [2.24, 2.45) is 0 Å². The molecule has 1 aromatic heterocycles. The highest BCUT2D eigenvalue weighted by molar-refractivity contribution is 8.21. The van der Waals surface area contributed by atoms with Gasteiger partial charge in [0.1, 0.15) is 16.8 Å². The van der Waals surface area contributed by atoms with Crippen LogP contribution >= 0.6 is 23.5 Å². The lowest BCUT2D eigenvalue weighted by Crippen LogP contribution is -2.45. The lowest BCUT2D eigenvalue weighted by molar-refractivity contribution is -0.0582. The number of aromatic amines is 1. The van der Waals surface area contributed by atoms with Crippen LogP contribution in [0.25, 0.3) is 0 Å². The molecular formula is C25H22N2O7S2. The van der Waals surface area contributed by atoms with E-state index < -0.39 is 45.7 Å². The van der Waals surface area contributed by atoms with Gasteiger partial charge in [0.25, 0.3) is 5.56 Å². The molecule has 2 fully saturated rings.